The summed E-state index contributed by atoms with van der Waals surface area (Å²) in [7, 11) is 1.92. The second-order valence-corrected chi connectivity index (χ2v) is 6.80. The largest absolute Gasteiger partial charge is 0.492 e. The lowest BCUT2D eigenvalue weighted by molar-refractivity contribution is -0.139. The first-order valence-electron chi connectivity index (χ1n) is 8.87. The molecule has 0 bridgehead atoms. The third-order valence-corrected chi connectivity index (χ3v) is 4.95. The molecule has 25 heavy (non-hydrogen) atoms. The van der Waals surface area contributed by atoms with Crippen LogP contribution in [-0.4, -0.2) is 60.9 Å². The highest BCUT2D eigenvalue weighted by molar-refractivity contribution is 5.83. The molecular formula is C19H29N3O3. The van der Waals surface area contributed by atoms with Gasteiger partial charge < -0.3 is 15.4 Å². The molecule has 0 aromatic heterocycles. The number of likely N-dealkylation sites (tertiary alicyclic amines) is 1. The van der Waals surface area contributed by atoms with Crippen LogP contribution in [0.15, 0.2) is 24.3 Å². The summed E-state index contributed by atoms with van der Waals surface area (Å²) in [6.07, 6.45) is 1.60. The van der Waals surface area contributed by atoms with Crippen LogP contribution in [0.1, 0.15) is 25.3 Å². The quantitative estimate of drug-likeness (QED) is 0.809. The molecule has 2 amide bonds. The van der Waals surface area contributed by atoms with Gasteiger partial charge in [-0.1, -0.05) is 18.2 Å². The van der Waals surface area contributed by atoms with Crippen LogP contribution >= 0.6 is 0 Å². The van der Waals surface area contributed by atoms with Gasteiger partial charge in [0, 0.05) is 19.6 Å². The molecular weight excluding hydrogens is 318 g/mol. The summed E-state index contributed by atoms with van der Waals surface area (Å²) in [5.41, 5.74) is 6.49. The molecule has 2 rings (SSSR count). The van der Waals surface area contributed by atoms with Crippen molar-refractivity contribution >= 4 is 11.8 Å². The fourth-order valence-corrected chi connectivity index (χ4v) is 3.07. The van der Waals surface area contributed by atoms with Crippen molar-refractivity contribution in [3.05, 3.63) is 29.8 Å². The Labute approximate surface area is 149 Å². The number of carbonyl (C=O) groups excluding carboxylic acids is 2. The minimum atomic E-state index is -0.315. The first-order valence-corrected chi connectivity index (χ1v) is 8.87. The number of likely N-dealkylation sites (N-methyl/N-ethyl adjacent to an activating group) is 1. The van der Waals surface area contributed by atoms with Gasteiger partial charge in [-0.3, -0.25) is 14.5 Å². The first kappa shape index (κ1) is 19.2. The van der Waals surface area contributed by atoms with Gasteiger partial charge in [-0.05, 0) is 45.4 Å². The Morgan fingerprint density at radius 1 is 1.40 bits per heavy atom. The summed E-state index contributed by atoms with van der Waals surface area (Å²) in [6, 6.07) is 7.63. The standard InChI is InChI=1S/C19H29N3O3/c1-14-7-4-5-9-17(14)25-12-11-21(3)15(2)19(24)22-10-6-8-16(13-22)18(20)23/h4-5,7,9,15-16H,6,8,10-13H2,1-3H3,(H2,20,23). The molecule has 0 radical (unpaired) electrons. The van der Waals surface area contributed by atoms with Gasteiger partial charge in [-0.25, -0.2) is 0 Å². The van der Waals surface area contributed by atoms with E-state index in [0.717, 1.165) is 24.2 Å². The predicted octanol–water partition coefficient (Wildman–Crippen LogP) is 1.42. The van der Waals surface area contributed by atoms with Crippen LogP contribution in [0, 0.1) is 12.8 Å². The Morgan fingerprint density at radius 2 is 2.12 bits per heavy atom. The molecule has 2 N–H and O–H groups in total. The zero-order valence-electron chi connectivity index (χ0n) is 15.4. The normalized spacial score (nSPS) is 18.9. The highest BCUT2D eigenvalue weighted by Gasteiger charge is 2.30. The number of rotatable bonds is 7. The van der Waals surface area contributed by atoms with E-state index in [9.17, 15) is 9.59 Å². The summed E-state index contributed by atoms with van der Waals surface area (Å²) in [6.45, 7) is 6.20. The SMILES string of the molecule is Cc1ccccc1OCCN(C)C(C)C(=O)N1CCCC(C(N)=O)C1. The number of ether oxygens (including phenoxy) is 1. The molecule has 1 fully saturated rings. The number of para-hydroxylation sites is 1. The number of aryl methyl sites for hydroxylation is 1. The molecule has 0 saturated carbocycles. The molecule has 1 aliphatic heterocycles. The van der Waals surface area contributed by atoms with Gasteiger partial charge in [0.25, 0.3) is 0 Å². The van der Waals surface area contributed by atoms with Gasteiger partial charge in [0.2, 0.25) is 11.8 Å². The average Bonchev–Trinajstić information content (AvgIpc) is 2.62. The van der Waals surface area contributed by atoms with Gasteiger partial charge in [0.15, 0.2) is 0 Å². The minimum absolute atomic E-state index is 0.0457. The third-order valence-electron chi connectivity index (χ3n) is 4.95. The number of carbonyl (C=O) groups is 2. The Balaban J connectivity index is 1.82. The van der Waals surface area contributed by atoms with Crippen LogP contribution in [0.2, 0.25) is 0 Å². The molecule has 0 spiro atoms. The number of hydrogen-bond acceptors (Lipinski definition) is 4. The maximum absolute atomic E-state index is 12.7. The summed E-state index contributed by atoms with van der Waals surface area (Å²) in [4.78, 5) is 27.8. The lowest BCUT2D eigenvalue weighted by Gasteiger charge is -2.35. The fourth-order valence-electron chi connectivity index (χ4n) is 3.07. The van der Waals surface area contributed by atoms with Crippen molar-refractivity contribution in [2.75, 3.05) is 33.3 Å². The Hall–Kier alpha value is -2.08. The molecule has 1 saturated heterocycles. The van der Waals surface area contributed by atoms with E-state index in [1.54, 1.807) is 4.90 Å². The van der Waals surface area contributed by atoms with Gasteiger partial charge in [0.1, 0.15) is 12.4 Å². The number of amides is 2. The van der Waals surface area contributed by atoms with E-state index in [1.807, 2.05) is 50.1 Å². The number of benzene rings is 1. The second kappa shape index (κ2) is 8.85. The van der Waals surface area contributed by atoms with E-state index < -0.39 is 0 Å². The summed E-state index contributed by atoms with van der Waals surface area (Å²) >= 11 is 0. The Morgan fingerprint density at radius 3 is 2.80 bits per heavy atom. The van der Waals surface area contributed by atoms with Crippen LogP contribution in [-0.2, 0) is 9.59 Å². The van der Waals surface area contributed by atoms with E-state index in [0.29, 0.717) is 26.2 Å². The zero-order chi connectivity index (χ0) is 18.4. The Bertz CT molecular complexity index is 605. The fraction of sp³-hybridized carbons (Fsp3) is 0.579. The van der Waals surface area contributed by atoms with E-state index >= 15 is 0 Å². The van der Waals surface area contributed by atoms with Gasteiger partial charge in [-0.15, -0.1) is 0 Å². The van der Waals surface area contributed by atoms with Crippen molar-refractivity contribution in [1.82, 2.24) is 9.80 Å². The van der Waals surface area contributed by atoms with Crippen molar-refractivity contribution in [2.24, 2.45) is 11.7 Å². The maximum Gasteiger partial charge on any atom is 0.239 e. The number of piperidine rings is 1. The Kier molecular flexibility index (Phi) is 6.82. The van der Waals surface area contributed by atoms with Gasteiger partial charge in [0.05, 0.1) is 12.0 Å². The van der Waals surface area contributed by atoms with Crippen molar-refractivity contribution in [3.8, 4) is 5.75 Å². The van der Waals surface area contributed by atoms with E-state index in [4.69, 9.17) is 10.5 Å². The molecule has 1 heterocycles. The molecule has 2 unspecified atom stereocenters. The molecule has 2 atom stereocenters. The first-order chi connectivity index (χ1) is 11.9. The third kappa shape index (κ3) is 5.19. The lowest BCUT2D eigenvalue weighted by Crippen LogP contribution is -2.51. The number of nitrogens with two attached hydrogens (primary N) is 1. The number of primary amides is 1. The monoisotopic (exact) mass is 347 g/mol. The number of hydrogen-bond donors (Lipinski definition) is 1. The minimum Gasteiger partial charge on any atom is -0.492 e. The maximum atomic E-state index is 12.7. The summed E-state index contributed by atoms with van der Waals surface area (Å²) in [5.74, 6) is 0.379. The molecule has 6 nitrogen and oxygen atoms in total. The predicted molar refractivity (Wildman–Crippen MR) is 97.3 cm³/mol. The molecule has 1 aliphatic rings. The lowest BCUT2D eigenvalue weighted by atomic mass is 9.97. The molecule has 1 aromatic carbocycles. The highest BCUT2D eigenvalue weighted by Crippen LogP contribution is 2.18. The van der Waals surface area contributed by atoms with Crippen LogP contribution in [0.4, 0.5) is 0 Å². The average molecular weight is 347 g/mol. The smallest absolute Gasteiger partial charge is 0.239 e. The van der Waals surface area contributed by atoms with Crippen LogP contribution in [0.25, 0.3) is 0 Å². The van der Waals surface area contributed by atoms with Crippen LogP contribution in [0.3, 0.4) is 0 Å². The van der Waals surface area contributed by atoms with Gasteiger partial charge >= 0.3 is 0 Å². The number of nitrogens with zero attached hydrogens (tertiary/aromatic N) is 2. The van der Waals surface area contributed by atoms with Crippen molar-refractivity contribution in [1.29, 1.82) is 0 Å². The van der Waals surface area contributed by atoms with Crippen molar-refractivity contribution in [3.63, 3.8) is 0 Å². The molecule has 6 heteroatoms. The van der Waals surface area contributed by atoms with E-state index in [1.165, 1.54) is 0 Å². The molecule has 138 valence electrons. The topological polar surface area (TPSA) is 75.9 Å². The zero-order valence-corrected chi connectivity index (χ0v) is 15.4. The van der Waals surface area contributed by atoms with Gasteiger partial charge in [-0.2, -0.15) is 0 Å². The van der Waals surface area contributed by atoms with E-state index in [-0.39, 0.29) is 23.8 Å². The van der Waals surface area contributed by atoms with Crippen molar-refractivity contribution in [2.45, 2.75) is 32.7 Å². The molecule has 1 aromatic rings. The summed E-state index contributed by atoms with van der Waals surface area (Å²) < 4.78 is 5.80. The van der Waals surface area contributed by atoms with E-state index in [2.05, 4.69) is 0 Å². The van der Waals surface area contributed by atoms with Crippen molar-refractivity contribution < 1.29 is 14.3 Å². The van der Waals surface area contributed by atoms with Crippen LogP contribution < -0.4 is 10.5 Å². The summed E-state index contributed by atoms with van der Waals surface area (Å²) in [5, 5.41) is 0. The van der Waals surface area contributed by atoms with Crippen LogP contribution in [0.5, 0.6) is 5.75 Å². The highest BCUT2D eigenvalue weighted by atomic mass is 16.5. The second-order valence-electron chi connectivity index (χ2n) is 6.80. The molecule has 0 aliphatic carbocycles.